The van der Waals surface area contributed by atoms with Crippen molar-refractivity contribution in [3.63, 3.8) is 0 Å². The number of hydrogen-bond acceptors (Lipinski definition) is 3. The van der Waals surface area contributed by atoms with Crippen LogP contribution in [0.3, 0.4) is 0 Å². The Labute approximate surface area is 119 Å². The molecular weight excluding hydrogens is 254 g/mol. The summed E-state index contributed by atoms with van der Waals surface area (Å²) in [5.74, 6) is 0.682. The highest BCUT2D eigenvalue weighted by molar-refractivity contribution is 5.67. The van der Waals surface area contributed by atoms with E-state index in [1.54, 1.807) is 0 Å². The zero-order valence-corrected chi connectivity index (χ0v) is 11.5. The maximum atomic E-state index is 10.7. The summed E-state index contributed by atoms with van der Waals surface area (Å²) in [6, 6.07) is 8.95. The number of carbonyl (C=O) groups is 1. The molecule has 0 bridgehead atoms. The molecule has 1 aromatic carbocycles. The van der Waals surface area contributed by atoms with Gasteiger partial charge in [0.05, 0.1) is 6.04 Å². The van der Waals surface area contributed by atoms with Gasteiger partial charge in [0.25, 0.3) is 0 Å². The van der Waals surface area contributed by atoms with Crippen LogP contribution in [0.4, 0.5) is 0 Å². The van der Waals surface area contributed by atoms with Crippen LogP contribution in [0.1, 0.15) is 43.7 Å². The highest BCUT2D eigenvalue weighted by Crippen LogP contribution is 2.34. The van der Waals surface area contributed by atoms with Crippen LogP contribution in [0.5, 0.6) is 5.75 Å². The molecule has 2 N–H and O–H groups in total. The topological polar surface area (TPSA) is 58.6 Å². The molecule has 0 spiro atoms. The summed E-state index contributed by atoms with van der Waals surface area (Å²) in [5.41, 5.74) is 1.25. The Kier molecular flexibility index (Phi) is 3.92. The Balaban J connectivity index is 1.52. The molecular formula is C16H21NO3. The summed E-state index contributed by atoms with van der Waals surface area (Å²) < 4.78 is 5.69. The van der Waals surface area contributed by atoms with Gasteiger partial charge < -0.3 is 15.2 Å². The highest BCUT2D eigenvalue weighted by Gasteiger charge is 2.28. The van der Waals surface area contributed by atoms with Crippen LogP contribution in [-0.4, -0.2) is 23.7 Å². The molecule has 1 aliphatic carbocycles. The third kappa shape index (κ3) is 2.96. The first-order chi connectivity index (χ1) is 9.72. The van der Waals surface area contributed by atoms with E-state index in [-0.39, 0.29) is 6.04 Å². The lowest BCUT2D eigenvalue weighted by Gasteiger charge is -2.30. The van der Waals surface area contributed by atoms with Crippen molar-refractivity contribution in [3.8, 4) is 5.75 Å². The van der Waals surface area contributed by atoms with Crippen LogP contribution in [-0.2, 0) is 4.79 Å². The molecule has 108 valence electrons. The van der Waals surface area contributed by atoms with Gasteiger partial charge in [-0.3, -0.25) is 4.79 Å². The second kappa shape index (κ2) is 5.83. The number of aliphatic carboxylic acids is 1. The van der Waals surface area contributed by atoms with Crippen molar-refractivity contribution in [1.29, 1.82) is 0 Å². The van der Waals surface area contributed by atoms with Gasteiger partial charge in [-0.1, -0.05) is 18.2 Å². The highest BCUT2D eigenvalue weighted by atomic mass is 16.5. The van der Waals surface area contributed by atoms with E-state index in [9.17, 15) is 4.79 Å². The van der Waals surface area contributed by atoms with Crippen LogP contribution >= 0.6 is 0 Å². The molecule has 2 aliphatic rings. The number of ether oxygens (including phenoxy) is 1. The molecule has 1 fully saturated rings. The van der Waals surface area contributed by atoms with Crippen LogP contribution in [0, 0.1) is 5.92 Å². The van der Waals surface area contributed by atoms with Crippen molar-refractivity contribution in [3.05, 3.63) is 29.8 Å². The summed E-state index contributed by atoms with van der Waals surface area (Å²) in [4.78, 5) is 10.7. The average Bonchev–Trinajstić information content (AvgIpc) is 2.84. The predicted molar refractivity (Wildman–Crippen MR) is 75.8 cm³/mol. The lowest BCUT2D eigenvalue weighted by atomic mass is 9.84. The molecule has 1 heterocycles. The second-order valence-electron chi connectivity index (χ2n) is 5.88. The monoisotopic (exact) mass is 275 g/mol. The Morgan fingerprint density at radius 1 is 1.25 bits per heavy atom. The van der Waals surface area contributed by atoms with Crippen LogP contribution < -0.4 is 10.1 Å². The molecule has 1 aliphatic heterocycles. The summed E-state index contributed by atoms with van der Waals surface area (Å²) >= 11 is 0. The quantitative estimate of drug-likeness (QED) is 0.887. The smallest absolute Gasteiger partial charge is 0.303 e. The minimum absolute atomic E-state index is 0.284. The lowest BCUT2D eigenvalue weighted by Crippen LogP contribution is -2.37. The zero-order valence-electron chi connectivity index (χ0n) is 11.5. The summed E-state index contributed by atoms with van der Waals surface area (Å²) in [6.07, 6.45) is 4.48. The summed E-state index contributed by atoms with van der Waals surface area (Å²) in [7, 11) is 0. The number of hydrogen-bond donors (Lipinski definition) is 2. The van der Waals surface area contributed by atoms with E-state index >= 15 is 0 Å². The number of fused-ring (bicyclic) bond motifs is 1. The molecule has 0 radical (unpaired) electrons. The predicted octanol–water partition coefficient (Wildman–Crippen LogP) is 2.74. The SMILES string of the molecule is O=C(O)CC1CCC(NC2COc3ccccc32)CC1. The standard InChI is InChI=1S/C16H21NO3/c18-16(19)9-11-5-7-12(8-6-11)17-14-10-20-15-4-2-1-3-13(14)15/h1-4,11-12,14,17H,5-10H2,(H,18,19). The van der Waals surface area contributed by atoms with Crippen LogP contribution in [0.15, 0.2) is 24.3 Å². The number of rotatable bonds is 4. The molecule has 4 nitrogen and oxygen atoms in total. The molecule has 20 heavy (non-hydrogen) atoms. The van der Waals surface area contributed by atoms with Crippen LogP contribution in [0.25, 0.3) is 0 Å². The molecule has 1 atom stereocenters. The van der Waals surface area contributed by atoms with Gasteiger partial charge in [0.15, 0.2) is 0 Å². The maximum Gasteiger partial charge on any atom is 0.303 e. The molecule has 1 unspecified atom stereocenters. The fourth-order valence-electron chi connectivity index (χ4n) is 3.37. The Morgan fingerprint density at radius 3 is 2.75 bits per heavy atom. The van der Waals surface area contributed by atoms with E-state index in [1.165, 1.54) is 5.56 Å². The maximum absolute atomic E-state index is 10.7. The van der Waals surface area contributed by atoms with Gasteiger partial charge in [0.2, 0.25) is 0 Å². The van der Waals surface area contributed by atoms with E-state index in [1.807, 2.05) is 18.2 Å². The molecule has 0 saturated heterocycles. The number of carboxylic acids is 1. The Morgan fingerprint density at radius 2 is 2.00 bits per heavy atom. The summed E-state index contributed by atoms with van der Waals surface area (Å²) in [6.45, 7) is 0.703. The van der Waals surface area contributed by atoms with E-state index in [2.05, 4.69) is 11.4 Å². The van der Waals surface area contributed by atoms with Gasteiger partial charge in [0.1, 0.15) is 12.4 Å². The molecule has 1 aromatic rings. The Hall–Kier alpha value is -1.55. The van der Waals surface area contributed by atoms with Crippen molar-refractivity contribution < 1.29 is 14.6 Å². The van der Waals surface area contributed by atoms with Gasteiger partial charge in [-0.05, 0) is 37.7 Å². The first kappa shape index (κ1) is 13.4. The van der Waals surface area contributed by atoms with E-state index in [0.717, 1.165) is 31.4 Å². The number of benzene rings is 1. The van der Waals surface area contributed by atoms with Gasteiger partial charge in [-0.25, -0.2) is 0 Å². The van der Waals surface area contributed by atoms with Gasteiger partial charge in [-0.15, -0.1) is 0 Å². The number of para-hydroxylation sites is 1. The molecule has 0 amide bonds. The number of carboxylic acid groups (broad SMARTS) is 1. The molecule has 1 saturated carbocycles. The van der Waals surface area contributed by atoms with Gasteiger partial charge >= 0.3 is 5.97 Å². The van der Waals surface area contributed by atoms with E-state index in [0.29, 0.717) is 25.0 Å². The van der Waals surface area contributed by atoms with Gasteiger partial charge in [-0.2, -0.15) is 0 Å². The van der Waals surface area contributed by atoms with Gasteiger partial charge in [0, 0.05) is 18.0 Å². The second-order valence-corrected chi connectivity index (χ2v) is 5.88. The summed E-state index contributed by atoms with van der Waals surface area (Å²) in [5, 5.41) is 12.5. The third-order valence-corrected chi connectivity index (χ3v) is 4.45. The first-order valence-corrected chi connectivity index (χ1v) is 7.42. The first-order valence-electron chi connectivity index (χ1n) is 7.42. The lowest BCUT2D eigenvalue weighted by molar-refractivity contribution is -0.138. The largest absolute Gasteiger partial charge is 0.491 e. The van der Waals surface area contributed by atoms with Crippen molar-refractivity contribution in [2.24, 2.45) is 5.92 Å². The fourth-order valence-corrected chi connectivity index (χ4v) is 3.37. The molecule has 3 rings (SSSR count). The molecule has 4 heteroatoms. The van der Waals surface area contributed by atoms with E-state index in [4.69, 9.17) is 9.84 Å². The van der Waals surface area contributed by atoms with Crippen molar-refractivity contribution >= 4 is 5.97 Å². The fraction of sp³-hybridized carbons (Fsp3) is 0.562. The van der Waals surface area contributed by atoms with E-state index < -0.39 is 5.97 Å². The molecule has 0 aromatic heterocycles. The van der Waals surface area contributed by atoms with Crippen molar-refractivity contribution in [1.82, 2.24) is 5.32 Å². The van der Waals surface area contributed by atoms with Crippen LogP contribution in [0.2, 0.25) is 0 Å². The minimum atomic E-state index is -0.667. The average molecular weight is 275 g/mol. The Bertz CT molecular complexity index is 480. The minimum Gasteiger partial charge on any atom is -0.491 e. The number of nitrogens with one attached hydrogen (secondary N) is 1. The normalized spacial score (nSPS) is 28.7. The van der Waals surface area contributed by atoms with Crippen molar-refractivity contribution in [2.75, 3.05) is 6.61 Å². The zero-order chi connectivity index (χ0) is 13.9. The third-order valence-electron chi connectivity index (χ3n) is 4.45. The van der Waals surface area contributed by atoms with Crippen molar-refractivity contribution in [2.45, 2.75) is 44.2 Å².